The number of anilines is 2. The first-order chi connectivity index (χ1) is 19.3. The summed E-state index contributed by atoms with van der Waals surface area (Å²) in [5, 5.41) is 0. The quantitative estimate of drug-likeness (QED) is 0.393. The van der Waals surface area contributed by atoms with E-state index in [0.717, 1.165) is 51.4 Å². The number of fused-ring (bicyclic) bond motifs is 3. The van der Waals surface area contributed by atoms with Gasteiger partial charge in [-0.25, -0.2) is 9.97 Å². The minimum Gasteiger partial charge on any atom is -0.381 e. The van der Waals surface area contributed by atoms with Crippen LogP contribution in [0.5, 0.6) is 0 Å². The number of benzene rings is 2. The first kappa shape index (κ1) is 26.0. The molecule has 0 amide bonds. The Labute approximate surface area is 238 Å². The predicted molar refractivity (Wildman–Crippen MR) is 160 cm³/mol. The van der Waals surface area contributed by atoms with Crippen molar-refractivity contribution in [1.82, 2.24) is 9.97 Å². The summed E-state index contributed by atoms with van der Waals surface area (Å²) in [6.45, 7) is 12.3. The second-order valence-corrected chi connectivity index (χ2v) is 12.9. The van der Waals surface area contributed by atoms with Gasteiger partial charge in [-0.15, -0.1) is 0 Å². The molecule has 6 heteroatoms. The molecule has 2 bridgehead atoms. The van der Waals surface area contributed by atoms with Crippen LogP contribution in [-0.4, -0.2) is 55.0 Å². The zero-order chi connectivity index (χ0) is 27.6. The van der Waals surface area contributed by atoms with Crippen LogP contribution in [0.25, 0.3) is 11.4 Å². The molecule has 4 aliphatic rings. The molecule has 3 fully saturated rings. The summed E-state index contributed by atoms with van der Waals surface area (Å²) in [6.07, 6.45) is 5.87. The van der Waals surface area contributed by atoms with Crippen LogP contribution in [0, 0.1) is 20.8 Å². The highest BCUT2D eigenvalue weighted by molar-refractivity contribution is 5.69. The minimum atomic E-state index is 0.121. The highest BCUT2D eigenvalue weighted by atomic mass is 16.5. The molecule has 210 valence electrons. The molecule has 6 nitrogen and oxygen atoms in total. The normalized spacial score (nSPS) is 25.1. The summed E-state index contributed by atoms with van der Waals surface area (Å²) in [4.78, 5) is 16.0. The molecule has 3 saturated heterocycles. The SMILES string of the molecule is CO[C@H]1C[C@H]2CC[C@@H](C1)N2c1nc(-c2c(C)cccc2C)nc2c1CN(c1cc(C3(C)COC3)ccc1C)CC2. The molecular weight excluding hydrogens is 496 g/mol. The van der Waals surface area contributed by atoms with Gasteiger partial charge in [0.2, 0.25) is 0 Å². The number of aromatic nitrogens is 2. The molecule has 40 heavy (non-hydrogen) atoms. The molecule has 2 aromatic carbocycles. The maximum atomic E-state index is 5.86. The zero-order valence-corrected chi connectivity index (χ0v) is 24.7. The average molecular weight is 539 g/mol. The van der Waals surface area contributed by atoms with Crippen molar-refractivity contribution in [3.63, 3.8) is 0 Å². The van der Waals surface area contributed by atoms with Crippen molar-refractivity contribution in [2.75, 3.05) is 36.7 Å². The number of methoxy groups -OCH3 is 1. The second-order valence-electron chi connectivity index (χ2n) is 12.9. The topological polar surface area (TPSA) is 50.7 Å². The molecule has 4 aliphatic heterocycles. The van der Waals surface area contributed by atoms with Gasteiger partial charge >= 0.3 is 0 Å². The van der Waals surface area contributed by atoms with E-state index in [-0.39, 0.29) is 5.41 Å². The third-order valence-electron chi connectivity index (χ3n) is 10.1. The minimum absolute atomic E-state index is 0.121. The molecule has 0 aliphatic carbocycles. The summed E-state index contributed by atoms with van der Waals surface area (Å²) in [5.41, 5.74) is 10.4. The van der Waals surface area contributed by atoms with Crippen molar-refractivity contribution >= 4 is 11.5 Å². The standard InChI is InChI=1S/C34H42N4O2/c1-21-9-10-24(34(4)19-40-20-34)15-30(21)37-14-13-29-28(18-37)33(38-25-11-12-26(38)17-27(16-25)39-5)36-32(35-29)31-22(2)7-6-8-23(31)3/h6-10,15,25-27H,11-14,16-20H2,1-5H3/t25-,26+,27+. The molecular formula is C34H42N4O2. The highest BCUT2D eigenvalue weighted by Crippen LogP contribution is 2.44. The van der Waals surface area contributed by atoms with E-state index in [9.17, 15) is 0 Å². The van der Waals surface area contributed by atoms with E-state index in [2.05, 4.69) is 73.9 Å². The Hall–Kier alpha value is -2.96. The molecule has 7 rings (SSSR count). The van der Waals surface area contributed by atoms with E-state index in [0.29, 0.717) is 18.2 Å². The van der Waals surface area contributed by atoms with Crippen LogP contribution in [0.1, 0.15) is 66.1 Å². The molecule has 0 N–H and O–H groups in total. The Balaban J connectivity index is 1.32. The van der Waals surface area contributed by atoms with E-state index in [1.165, 1.54) is 63.4 Å². The fraction of sp³-hybridized carbons (Fsp3) is 0.529. The van der Waals surface area contributed by atoms with Gasteiger partial charge in [-0.1, -0.05) is 37.3 Å². The number of ether oxygens (including phenoxy) is 2. The number of piperidine rings is 1. The van der Waals surface area contributed by atoms with Gasteiger partial charge < -0.3 is 19.3 Å². The van der Waals surface area contributed by atoms with Gasteiger partial charge in [-0.2, -0.15) is 0 Å². The first-order valence-corrected chi connectivity index (χ1v) is 15.1. The van der Waals surface area contributed by atoms with Crippen LogP contribution in [0.2, 0.25) is 0 Å². The summed E-state index contributed by atoms with van der Waals surface area (Å²) in [6, 6.07) is 14.5. The first-order valence-electron chi connectivity index (χ1n) is 15.1. The smallest absolute Gasteiger partial charge is 0.162 e. The molecule has 0 spiro atoms. The molecule has 1 aromatic heterocycles. The van der Waals surface area contributed by atoms with E-state index < -0.39 is 0 Å². The van der Waals surface area contributed by atoms with E-state index >= 15 is 0 Å². The largest absolute Gasteiger partial charge is 0.381 e. The molecule has 0 radical (unpaired) electrons. The molecule has 5 heterocycles. The van der Waals surface area contributed by atoms with Crippen molar-refractivity contribution in [3.05, 3.63) is 69.9 Å². The predicted octanol–water partition coefficient (Wildman–Crippen LogP) is 6.07. The Morgan fingerprint density at radius 3 is 2.33 bits per heavy atom. The lowest BCUT2D eigenvalue weighted by Crippen LogP contribution is -2.47. The van der Waals surface area contributed by atoms with Crippen LogP contribution < -0.4 is 9.80 Å². The van der Waals surface area contributed by atoms with Gasteiger partial charge in [0.05, 0.1) is 25.0 Å². The van der Waals surface area contributed by atoms with Crippen molar-refractivity contribution in [2.45, 2.75) is 89.9 Å². The third kappa shape index (κ3) is 4.22. The highest BCUT2D eigenvalue weighted by Gasteiger charge is 2.43. The molecule has 3 atom stereocenters. The van der Waals surface area contributed by atoms with Crippen LogP contribution >= 0.6 is 0 Å². The number of nitrogens with zero attached hydrogens (tertiary/aromatic N) is 4. The lowest BCUT2D eigenvalue weighted by Gasteiger charge is -2.42. The van der Waals surface area contributed by atoms with Crippen LogP contribution in [0.15, 0.2) is 36.4 Å². The summed E-state index contributed by atoms with van der Waals surface area (Å²) in [7, 11) is 1.87. The summed E-state index contributed by atoms with van der Waals surface area (Å²) < 4.78 is 11.5. The van der Waals surface area contributed by atoms with Crippen molar-refractivity contribution in [2.24, 2.45) is 0 Å². The molecule has 3 aromatic rings. The third-order valence-corrected chi connectivity index (χ3v) is 10.1. The molecule has 0 saturated carbocycles. The number of rotatable bonds is 5. The second kappa shape index (κ2) is 9.85. The fourth-order valence-electron chi connectivity index (χ4n) is 7.66. The lowest BCUT2D eigenvalue weighted by atomic mass is 9.80. The molecule has 0 unspecified atom stereocenters. The monoisotopic (exact) mass is 538 g/mol. The van der Waals surface area contributed by atoms with E-state index in [4.69, 9.17) is 19.4 Å². The lowest BCUT2D eigenvalue weighted by molar-refractivity contribution is -0.0499. The number of hydrogen-bond acceptors (Lipinski definition) is 6. The van der Waals surface area contributed by atoms with Gasteiger partial charge in [0.15, 0.2) is 5.82 Å². The van der Waals surface area contributed by atoms with Crippen molar-refractivity contribution < 1.29 is 9.47 Å². The van der Waals surface area contributed by atoms with Gasteiger partial charge in [-0.3, -0.25) is 0 Å². The van der Waals surface area contributed by atoms with Crippen LogP contribution in [0.4, 0.5) is 11.5 Å². The Morgan fingerprint density at radius 1 is 0.950 bits per heavy atom. The van der Waals surface area contributed by atoms with Crippen LogP contribution in [0.3, 0.4) is 0 Å². The zero-order valence-electron chi connectivity index (χ0n) is 24.7. The number of hydrogen-bond donors (Lipinski definition) is 0. The Morgan fingerprint density at radius 2 is 1.68 bits per heavy atom. The van der Waals surface area contributed by atoms with Gasteiger partial charge in [-0.05, 0) is 74.8 Å². The Kier molecular flexibility index (Phi) is 6.39. The summed E-state index contributed by atoms with van der Waals surface area (Å²) >= 11 is 0. The summed E-state index contributed by atoms with van der Waals surface area (Å²) in [5.74, 6) is 2.06. The van der Waals surface area contributed by atoms with Gasteiger partial charge in [0.1, 0.15) is 5.82 Å². The van der Waals surface area contributed by atoms with Crippen molar-refractivity contribution in [3.8, 4) is 11.4 Å². The fourth-order valence-corrected chi connectivity index (χ4v) is 7.66. The van der Waals surface area contributed by atoms with Gasteiger partial charge in [0.25, 0.3) is 0 Å². The van der Waals surface area contributed by atoms with Crippen molar-refractivity contribution in [1.29, 1.82) is 0 Å². The average Bonchev–Trinajstić information content (AvgIpc) is 3.19. The van der Waals surface area contributed by atoms with Crippen LogP contribution in [-0.2, 0) is 27.9 Å². The van der Waals surface area contributed by atoms with Gasteiger partial charge in [0, 0.05) is 60.9 Å². The maximum absolute atomic E-state index is 5.86. The number of aryl methyl sites for hydroxylation is 3. The maximum Gasteiger partial charge on any atom is 0.162 e. The van der Waals surface area contributed by atoms with E-state index in [1.807, 2.05) is 7.11 Å². The van der Waals surface area contributed by atoms with E-state index in [1.54, 1.807) is 0 Å². The Bertz CT molecular complexity index is 1410.